The van der Waals surface area contributed by atoms with Gasteiger partial charge < -0.3 is 14.3 Å². The fourth-order valence-corrected chi connectivity index (χ4v) is 1.92. The second-order valence-electron chi connectivity index (χ2n) is 6.09. The predicted molar refractivity (Wildman–Crippen MR) is 78.3 cm³/mol. The van der Waals surface area contributed by atoms with Crippen LogP contribution >= 0.6 is 0 Å². The summed E-state index contributed by atoms with van der Waals surface area (Å²) >= 11 is 0. The summed E-state index contributed by atoms with van der Waals surface area (Å²) in [5.74, 6) is -1.09. The normalized spacial score (nSPS) is 12.8. The number of carbonyl (C=O) groups excluding carboxylic acids is 1. The number of hydrogen-bond acceptors (Lipinski definition) is 3. The van der Waals surface area contributed by atoms with Gasteiger partial charge in [-0.2, -0.15) is 0 Å². The van der Waals surface area contributed by atoms with Gasteiger partial charge in [0, 0.05) is 12.0 Å². The van der Waals surface area contributed by atoms with Crippen LogP contribution in [0.3, 0.4) is 0 Å². The first-order valence-corrected chi connectivity index (χ1v) is 7.02. The molecule has 0 radical (unpaired) electrons. The Labute approximate surface area is 121 Å². The van der Waals surface area contributed by atoms with E-state index in [-0.39, 0.29) is 12.0 Å². The fourth-order valence-electron chi connectivity index (χ4n) is 1.92. The third-order valence-electron chi connectivity index (χ3n) is 3.17. The predicted octanol–water partition coefficient (Wildman–Crippen LogP) is 2.22. The molecule has 1 N–H and O–H groups in total. The van der Waals surface area contributed by atoms with E-state index >= 15 is 0 Å². The van der Waals surface area contributed by atoms with Gasteiger partial charge in [-0.05, 0) is 19.8 Å². The molecule has 116 valence electrons. The minimum Gasteiger partial charge on any atom is -0.477 e. The molecule has 5 nitrogen and oxygen atoms in total. The second kappa shape index (κ2) is 8.74. The molecule has 0 aliphatic rings. The molecule has 5 heteroatoms. The molecule has 0 aromatic heterocycles. The van der Waals surface area contributed by atoms with Gasteiger partial charge in [0.05, 0.1) is 27.7 Å². The van der Waals surface area contributed by atoms with Crippen LogP contribution in [0.25, 0.3) is 0 Å². The van der Waals surface area contributed by atoms with Crippen molar-refractivity contribution in [2.75, 3.05) is 27.7 Å². The van der Waals surface area contributed by atoms with E-state index in [9.17, 15) is 14.7 Å². The number of carbonyl (C=O) groups is 2. The Morgan fingerprint density at radius 2 is 1.70 bits per heavy atom. The van der Waals surface area contributed by atoms with Crippen LogP contribution in [0.1, 0.15) is 39.0 Å². The van der Waals surface area contributed by atoms with Gasteiger partial charge in [-0.1, -0.05) is 19.4 Å². The molecule has 0 heterocycles. The van der Waals surface area contributed by atoms with Crippen LogP contribution < -0.4 is 0 Å². The lowest BCUT2D eigenvalue weighted by molar-refractivity contribution is -0.887. The Morgan fingerprint density at radius 3 is 2.15 bits per heavy atom. The molecular weight excluding hydrogens is 258 g/mol. The van der Waals surface area contributed by atoms with Crippen LogP contribution in [0, 0.1) is 0 Å². The zero-order valence-corrected chi connectivity index (χ0v) is 13.1. The van der Waals surface area contributed by atoms with Gasteiger partial charge in [0.15, 0.2) is 6.04 Å². The van der Waals surface area contributed by atoms with Crippen LogP contribution in [0.4, 0.5) is 0 Å². The van der Waals surface area contributed by atoms with Crippen molar-refractivity contribution in [1.82, 2.24) is 0 Å². The molecule has 0 bridgehead atoms. The first-order chi connectivity index (χ1) is 9.16. The summed E-state index contributed by atoms with van der Waals surface area (Å²) < 4.78 is 5.42. The van der Waals surface area contributed by atoms with E-state index in [0.29, 0.717) is 23.1 Å². The Morgan fingerprint density at radius 1 is 1.15 bits per heavy atom. The molecule has 0 aromatic rings. The molecule has 0 saturated heterocycles. The van der Waals surface area contributed by atoms with Crippen molar-refractivity contribution in [3.05, 3.63) is 12.2 Å². The highest BCUT2D eigenvalue weighted by Crippen LogP contribution is 2.13. The number of carboxylic acid groups (broad SMARTS) is 1. The van der Waals surface area contributed by atoms with Crippen molar-refractivity contribution in [1.29, 1.82) is 0 Å². The molecule has 0 aliphatic carbocycles. The number of likely N-dealkylation sites (N-methyl/N-ethyl adjacent to an activating group) is 1. The van der Waals surface area contributed by atoms with Crippen LogP contribution in [0.2, 0.25) is 0 Å². The van der Waals surface area contributed by atoms with Crippen LogP contribution in [0.5, 0.6) is 0 Å². The molecule has 0 aromatic carbocycles. The lowest BCUT2D eigenvalue weighted by Crippen LogP contribution is -2.49. The van der Waals surface area contributed by atoms with E-state index in [1.807, 2.05) is 21.1 Å². The van der Waals surface area contributed by atoms with Gasteiger partial charge in [-0.15, -0.1) is 0 Å². The molecule has 0 fully saturated rings. The van der Waals surface area contributed by atoms with Crippen molar-refractivity contribution in [2.24, 2.45) is 0 Å². The average Bonchev–Trinajstić information content (AvgIpc) is 2.29. The molecule has 0 amide bonds. The maximum absolute atomic E-state index is 11.2. The summed E-state index contributed by atoms with van der Waals surface area (Å²) in [6.45, 7) is 5.54. The number of unbranched alkanes of at least 4 members (excludes halogenated alkanes) is 3. The molecule has 1 unspecified atom stereocenters. The van der Waals surface area contributed by atoms with Crippen molar-refractivity contribution in [3.63, 3.8) is 0 Å². The molecule has 0 aliphatic heterocycles. The SMILES string of the molecule is C=C(C)C(=O)OCCCCCCC(C(=O)O)[N+](C)(C)C. The minimum absolute atomic E-state index is 0.346. The minimum atomic E-state index is -0.743. The highest BCUT2D eigenvalue weighted by Gasteiger charge is 2.30. The van der Waals surface area contributed by atoms with E-state index in [0.717, 1.165) is 25.7 Å². The number of nitrogens with zero attached hydrogens (tertiary/aromatic N) is 1. The van der Waals surface area contributed by atoms with Gasteiger partial charge in [0.25, 0.3) is 0 Å². The summed E-state index contributed by atoms with van der Waals surface area (Å²) in [5, 5.41) is 9.18. The highest BCUT2D eigenvalue weighted by molar-refractivity contribution is 5.86. The Kier molecular flexibility index (Phi) is 8.15. The monoisotopic (exact) mass is 286 g/mol. The number of carboxylic acids is 1. The van der Waals surface area contributed by atoms with Gasteiger partial charge in [-0.3, -0.25) is 0 Å². The standard InChI is InChI=1S/C15H27NO4/c1-12(2)15(19)20-11-9-7-6-8-10-13(14(17)18)16(3,4)5/h13H,1,6-11H2,2-5H3/p+1. The van der Waals surface area contributed by atoms with Crippen LogP contribution in [0.15, 0.2) is 12.2 Å². The van der Waals surface area contributed by atoms with E-state index < -0.39 is 5.97 Å². The van der Waals surface area contributed by atoms with Crippen molar-refractivity contribution < 1.29 is 23.9 Å². The first-order valence-electron chi connectivity index (χ1n) is 7.02. The molecule has 20 heavy (non-hydrogen) atoms. The lowest BCUT2D eigenvalue weighted by Gasteiger charge is -2.31. The van der Waals surface area contributed by atoms with Gasteiger partial charge in [-0.25, -0.2) is 9.59 Å². The number of quaternary nitrogens is 1. The molecule has 1 atom stereocenters. The Balaban J connectivity index is 3.73. The maximum atomic E-state index is 11.2. The summed E-state index contributed by atoms with van der Waals surface area (Å²) in [6, 6.07) is -0.365. The van der Waals surface area contributed by atoms with E-state index in [4.69, 9.17) is 4.74 Å². The second-order valence-corrected chi connectivity index (χ2v) is 6.09. The summed E-state index contributed by atoms with van der Waals surface area (Å²) in [6.07, 6.45) is 4.24. The Hall–Kier alpha value is -1.36. The number of hydrogen-bond donors (Lipinski definition) is 1. The zero-order valence-electron chi connectivity index (χ0n) is 13.1. The lowest BCUT2D eigenvalue weighted by atomic mass is 10.1. The molecular formula is C15H28NO4+. The topological polar surface area (TPSA) is 63.6 Å². The number of aliphatic carboxylic acids is 1. The number of ether oxygens (including phenoxy) is 1. The van der Waals surface area contributed by atoms with Crippen molar-refractivity contribution in [2.45, 2.75) is 45.1 Å². The summed E-state index contributed by atoms with van der Waals surface area (Å²) in [4.78, 5) is 22.3. The quantitative estimate of drug-likeness (QED) is 0.289. The smallest absolute Gasteiger partial charge is 0.362 e. The van der Waals surface area contributed by atoms with Crippen LogP contribution in [-0.2, 0) is 14.3 Å². The van der Waals surface area contributed by atoms with Gasteiger partial charge >= 0.3 is 11.9 Å². The third-order valence-corrected chi connectivity index (χ3v) is 3.17. The third kappa shape index (κ3) is 7.94. The van der Waals surface area contributed by atoms with E-state index in [1.54, 1.807) is 6.92 Å². The molecule has 0 spiro atoms. The first kappa shape index (κ1) is 18.6. The molecule has 0 saturated carbocycles. The van der Waals surface area contributed by atoms with Crippen LogP contribution in [-0.4, -0.2) is 55.3 Å². The fraction of sp³-hybridized carbons (Fsp3) is 0.733. The zero-order chi connectivity index (χ0) is 15.8. The van der Waals surface area contributed by atoms with Gasteiger partial charge in [0.2, 0.25) is 0 Å². The average molecular weight is 286 g/mol. The van der Waals surface area contributed by atoms with E-state index in [2.05, 4.69) is 6.58 Å². The molecule has 0 rings (SSSR count). The number of esters is 1. The summed E-state index contributed by atoms with van der Waals surface area (Å²) in [7, 11) is 5.70. The maximum Gasteiger partial charge on any atom is 0.362 e. The number of rotatable bonds is 10. The highest BCUT2D eigenvalue weighted by atomic mass is 16.5. The van der Waals surface area contributed by atoms with Gasteiger partial charge in [0.1, 0.15) is 0 Å². The van der Waals surface area contributed by atoms with Crippen molar-refractivity contribution in [3.8, 4) is 0 Å². The largest absolute Gasteiger partial charge is 0.477 e. The van der Waals surface area contributed by atoms with E-state index in [1.165, 1.54) is 0 Å². The van der Waals surface area contributed by atoms with Crippen molar-refractivity contribution >= 4 is 11.9 Å². The summed E-state index contributed by atoms with van der Waals surface area (Å²) in [5.41, 5.74) is 0.414. The Bertz CT molecular complexity index is 344.